The van der Waals surface area contributed by atoms with E-state index in [9.17, 15) is 14.7 Å². The monoisotopic (exact) mass is 458 g/mol. The topological polar surface area (TPSA) is 97.7 Å². The smallest absolute Gasteiger partial charge is 0.333 e. The number of anilines is 1. The van der Waals surface area contributed by atoms with E-state index in [1.54, 1.807) is 9.58 Å². The number of aliphatic hydroxyl groups excluding tert-OH is 1. The van der Waals surface area contributed by atoms with Crippen molar-refractivity contribution in [3.05, 3.63) is 92.6 Å². The average Bonchev–Trinajstić information content (AvgIpc) is 3.26. The van der Waals surface area contributed by atoms with E-state index in [1.165, 1.54) is 4.57 Å². The van der Waals surface area contributed by atoms with Crippen LogP contribution in [0.4, 0.5) is 5.95 Å². The number of fused-ring (bicyclic) bond motifs is 3. The summed E-state index contributed by atoms with van der Waals surface area (Å²) in [5.41, 5.74) is 2.57. The molecule has 5 rings (SSSR count). The maximum Gasteiger partial charge on any atom is 0.333 e. The molecule has 3 heterocycles. The average molecular weight is 459 g/mol. The van der Waals surface area contributed by atoms with Crippen molar-refractivity contribution in [1.29, 1.82) is 0 Å². The van der Waals surface area contributed by atoms with Crippen LogP contribution in [-0.4, -0.2) is 42.7 Å². The molecule has 0 amide bonds. The molecule has 0 radical (unpaired) electrons. The van der Waals surface area contributed by atoms with Crippen LogP contribution in [-0.2, 0) is 19.6 Å². The first-order valence-electron chi connectivity index (χ1n) is 11.4. The van der Waals surface area contributed by atoms with Crippen LogP contribution in [0.3, 0.4) is 0 Å². The minimum Gasteiger partial charge on any atom is -0.394 e. The fourth-order valence-electron chi connectivity index (χ4n) is 4.35. The maximum absolute atomic E-state index is 13.6. The van der Waals surface area contributed by atoms with Crippen LogP contribution in [0.25, 0.3) is 11.2 Å². The van der Waals surface area contributed by atoms with Crippen molar-refractivity contribution >= 4 is 22.8 Å². The Kier molecular flexibility index (Phi) is 5.85. The van der Waals surface area contributed by atoms with Gasteiger partial charge in [0.1, 0.15) is 0 Å². The molecule has 2 aromatic carbocycles. The van der Waals surface area contributed by atoms with Crippen LogP contribution in [0.15, 0.2) is 75.4 Å². The van der Waals surface area contributed by atoms with Crippen molar-refractivity contribution in [2.45, 2.75) is 33.0 Å². The summed E-state index contributed by atoms with van der Waals surface area (Å²) in [5.74, 6) is 0.441. The third-order valence-electron chi connectivity index (χ3n) is 5.92. The van der Waals surface area contributed by atoms with E-state index in [1.807, 2.05) is 72.2 Å². The van der Waals surface area contributed by atoms with Crippen molar-refractivity contribution in [3.63, 3.8) is 0 Å². The number of aromatic nitrogens is 4. The molecule has 0 saturated carbocycles. The molecule has 9 nitrogen and oxygen atoms in total. The van der Waals surface area contributed by atoms with Gasteiger partial charge in [0, 0.05) is 6.54 Å². The highest BCUT2D eigenvalue weighted by Gasteiger charge is 2.28. The molecular weight excluding hydrogens is 432 g/mol. The molecule has 0 spiro atoms. The number of hydrogen-bond donors (Lipinski definition) is 1. The first kappa shape index (κ1) is 21.8. The molecule has 34 heavy (non-hydrogen) atoms. The Hall–Kier alpha value is -3.98. The van der Waals surface area contributed by atoms with Crippen molar-refractivity contribution in [3.8, 4) is 0 Å². The molecule has 0 fully saturated rings. The predicted octanol–water partition coefficient (Wildman–Crippen LogP) is 2.03. The summed E-state index contributed by atoms with van der Waals surface area (Å²) in [6.07, 6.45) is 0.653. The van der Waals surface area contributed by atoms with E-state index in [0.29, 0.717) is 43.2 Å². The fourth-order valence-corrected chi connectivity index (χ4v) is 4.35. The van der Waals surface area contributed by atoms with Gasteiger partial charge in [0.15, 0.2) is 11.2 Å². The van der Waals surface area contributed by atoms with Gasteiger partial charge in [-0.15, -0.1) is 0 Å². The minimum absolute atomic E-state index is 0.133. The van der Waals surface area contributed by atoms with Gasteiger partial charge in [-0.3, -0.25) is 18.5 Å². The van der Waals surface area contributed by atoms with Gasteiger partial charge in [0.2, 0.25) is 5.95 Å². The largest absolute Gasteiger partial charge is 0.394 e. The zero-order valence-corrected chi connectivity index (χ0v) is 19.0. The second kappa shape index (κ2) is 9.11. The lowest BCUT2D eigenvalue weighted by Gasteiger charge is -2.25. The summed E-state index contributed by atoms with van der Waals surface area (Å²) in [4.78, 5) is 31.7. The number of β-amino-alcohol motifs (C(OH)–C–C–N with tert-alkyl or cyclic N) is 1. The van der Waals surface area contributed by atoms with Crippen LogP contribution in [0.1, 0.15) is 24.5 Å². The molecule has 0 atom stereocenters. The lowest BCUT2D eigenvalue weighted by molar-refractivity contribution is 0.301. The van der Waals surface area contributed by atoms with E-state index in [0.717, 1.165) is 16.8 Å². The molecule has 0 aliphatic carbocycles. The van der Waals surface area contributed by atoms with E-state index >= 15 is 0 Å². The van der Waals surface area contributed by atoms with Gasteiger partial charge in [0.25, 0.3) is 5.56 Å². The normalized spacial score (nSPS) is 13.2. The Morgan fingerprint density at radius 1 is 0.941 bits per heavy atom. The number of nitrogens with zero attached hydrogens (tertiary/aromatic N) is 6. The summed E-state index contributed by atoms with van der Waals surface area (Å²) in [5, 5.41) is 16.0. The van der Waals surface area contributed by atoms with Crippen LogP contribution in [0.5, 0.6) is 0 Å². The second-order valence-electron chi connectivity index (χ2n) is 8.24. The van der Waals surface area contributed by atoms with Gasteiger partial charge in [-0.05, 0) is 17.5 Å². The Morgan fingerprint density at radius 2 is 1.65 bits per heavy atom. The van der Waals surface area contributed by atoms with E-state index in [2.05, 4.69) is 0 Å². The minimum atomic E-state index is -0.378. The molecule has 174 valence electrons. The van der Waals surface area contributed by atoms with Gasteiger partial charge in [-0.25, -0.2) is 9.80 Å². The van der Waals surface area contributed by atoms with Crippen LogP contribution < -0.4 is 16.3 Å². The quantitative estimate of drug-likeness (QED) is 0.457. The highest BCUT2D eigenvalue weighted by Crippen LogP contribution is 2.25. The standard InChI is InChI=1S/C25H26N6O3/c1-2-13-28-23(33)21-22(30(25(28)34)16-18-9-5-3-6-10-18)26-24-29(21)17-20(27-31(24)14-15-32)19-11-7-4-8-12-19/h3-12,32H,2,13-17H2,1H3. The van der Waals surface area contributed by atoms with E-state index < -0.39 is 0 Å². The van der Waals surface area contributed by atoms with Gasteiger partial charge in [0.05, 0.1) is 32.0 Å². The number of rotatable bonds is 7. The van der Waals surface area contributed by atoms with Crippen molar-refractivity contribution in [2.75, 3.05) is 18.2 Å². The Labute approximate surface area is 195 Å². The molecule has 9 heteroatoms. The lowest BCUT2D eigenvalue weighted by Crippen LogP contribution is -2.41. The molecular formula is C25H26N6O3. The molecule has 1 aliphatic rings. The molecule has 0 saturated heterocycles. The third kappa shape index (κ3) is 3.73. The Morgan fingerprint density at radius 3 is 2.32 bits per heavy atom. The van der Waals surface area contributed by atoms with Crippen LogP contribution >= 0.6 is 0 Å². The first-order chi connectivity index (χ1) is 16.6. The molecule has 0 bridgehead atoms. The molecule has 4 aromatic rings. The first-order valence-corrected chi connectivity index (χ1v) is 11.4. The third-order valence-corrected chi connectivity index (χ3v) is 5.92. The predicted molar refractivity (Wildman–Crippen MR) is 131 cm³/mol. The highest BCUT2D eigenvalue weighted by molar-refractivity contribution is 6.02. The summed E-state index contributed by atoms with van der Waals surface area (Å²) in [7, 11) is 0. The maximum atomic E-state index is 13.6. The summed E-state index contributed by atoms with van der Waals surface area (Å²) in [6.45, 7) is 2.97. The molecule has 1 aliphatic heterocycles. The SMILES string of the molecule is CCCn1c(=O)c2c(nc3n2CC(c2ccccc2)=NN3CCO)n(Cc2ccccc2)c1=O. The Balaban J connectivity index is 1.75. The van der Waals surface area contributed by atoms with Gasteiger partial charge >= 0.3 is 5.69 Å². The number of hydrazone groups is 1. The molecule has 2 aromatic heterocycles. The van der Waals surface area contributed by atoms with E-state index in [4.69, 9.17) is 10.1 Å². The van der Waals surface area contributed by atoms with Gasteiger partial charge < -0.3 is 5.11 Å². The molecule has 1 N–H and O–H groups in total. The summed E-state index contributed by atoms with van der Waals surface area (Å²) in [6, 6.07) is 19.4. The summed E-state index contributed by atoms with van der Waals surface area (Å²) < 4.78 is 4.67. The second-order valence-corrected chi connectivity index (χ2v) is 8.24. The highest BCUT2D eigenvalue weighted by atomic mass is 16.3. The lowest BCUT2D eigenvalue weighted by atomic mass is 10.1. The van der Waals surface area contributed by atoms with Crippen molar-refractivity contribution in [2.24, 2.45) is 5.10 Å². The Bertz CT molecular complexity index is 1470. The summed E-state index contributed by atoms with van der Waals surface area (Å²) >= 11 is 0. The number of benzene rings is 2. The van der Waals surface area contributed by atoms with E-state index in [-0.39, 0.29) is 24.4 Å². The van der Waals surface area contributed by atoms with Gasteiger partial charge in [-0.1, -0.05) is 67.6 Å². The van der Waals surface area contributed by atoms with Crippen LogP contribution in [0.2, 0.25) is 0 Å². The zero-order chi connectivity index (χ0) is 23.7. The van der Waals surface area contributed by atoms with Crippen LogP contribution in [0, 0.1) is 0 Å². The number of aliphatic hydroxyl groups is 1. The number of hydrogen-bond acceptors (Lipinski definition) is 6. The van der Waals surface area contributed by atoms with Crippen molar-refractivity contribution in [1.82, 2.24) is 18.7 Å². The zero-order valence-electron chi connectivity index (χ0n) is 19.0. The van der Waals surface area contributed by atoms with Crippen molar-refractivity contribution < 1.29 is 5.11 Å². The fraction of sp³-hybridized carbons (Fsp3) is 0.280. The van der Waals surface area contributed by atoms with Gasteiger partial charge in [-0.2, -0.15) is 10.1 Å². The molecule has 0 unspecified atom stereocenters. The number of imidazole rings is 1.